The van der Waals surface area contributed by atoms with Crippen LogP contribution in [-0.2, 0) is 9.47 Å². The van der Waals surface area contributed by atoms with Gasteiger partial charge in [0.1, 0.15) is 11.9 Å². The number of anilines is 1. The Morgan fingerprint density at radius 3 is 3.00 bits per heavy atom. The van der Waals surface area contributed by atoms with Gasteiger partial charge in [-0.3, -0.25) is 4.57 Å². The first-order valence-electron chi connectivity index (χ1n) is 5.71. The van der Waals surface area contributed by atoms with Gasteiger partial charge in [-0.15, -0.1) is 0 Å². The topological polar surface area (TPSA) is 99.6 Å². The zero-order valence-electron chi connectivity index (χ0n) is 10.3. The molecule has 0 radical (unpaired) electrons. The Balaban J connectivity index is 2.26. The molecule has 0 aromatic carbocycles. The van der Waals surface area contributed by atoms with Crippen molar-refractivity contribution >= 4 is 5.82 Å². The van der Waals surface area contributed by atoms with E-state index in [1.54, 1.807) is 7.11 Å². The molecule has 0 aliphatic carbocycles. The number of nitrogen functional groups attached to an aromatic ring is 1. The van der Waals surface area contributed by atoms with E-state index in [-0.39, 0.29) is 17.8 Å². The molecule has 0 spiro atoms. The summed E-state index contributed by atoms with van der Waals surface area (Å²) < 4.78 is 11.9. The predicted molar refractivity (Wildman–Crippen MR) is 63.9 cm³/mol. The van der Waals surface area contributed by atoms with Gasteiger partial charge in [-0.05, 0) is 6.07 Å². The second-order valence-electron chi connectivity index (χ2n) is 4.41. The molecule has 4 atom stereocenters. The minimum absolute atomic E-state index is 0.126. The van der Waals surface area contributed by atoms with Crippen molar-refractivity contribution in [1.29, 1.82) is 0 Å². The molecule has 0 bridgehead atoms. The molecule has 18 heavy (non-hydrogen) atoms. The molecule has 0 saturated carbocycles. The quantitative estimate of drug-likeness (QED) is 0.745. The Hall–Kier alpha value is -1.44. The number of nitrogens with zero attached hydrogens (tertiary/aromatic N) is 2. The van der Waals surface area contributed by atoms with Crippen LogP contribution in [-0.4, -0.2) is 40.6 Å². The fourth-order valence-corrected chi connectivity index (χ4v) is 2.07. The first kappa shape index (κ1) is 13.0. The monoisotopic (exact) mass is 255 g/mol. The number of aromatic nitrogens is 2. The maximum Gasteiger partial charge on any atom is 0.351 e. The van der Waals surface area contributed by atoms with Crippen LogP contribution in [0.5, 0.6) is 0 Å². The van der Waals surface area contributed by atoms with Gasteiger partial charge in [0.2, 0.25) is 0 Å². The summed E-state index contributed by atoms with van der Waals surface area (Å²) >= 11 is 0. The maximum absolute atomic E-state index is 11.7. The summed E-state index contributed by atoms with van der Waals surface area (Å²) in [6.07, 6.45) is -0.311. The molecule has 1 fully saturated rings. The summed E-state index contributed by atoms with van der Waals surface area (Å²) in [4.78, 5) is 15.3. The molecular formula is C11H17N3O4. The van der Waals surface area contributed by atoms with Crippen LogP contribution in [0.1, 0.15) is 13.2 Å². The summed E-state index contributed by atoms with van der Waals surface area (Å²) in [7, 11) is 1.56. The fourth-order valence-electron chi connectivity index (χ4n) is 2.07. The van der Waals surface area contributed by atoms with Gasteiger partial charge < -0.3 is 20.3 Å². The summed E-state index contributed by atoms with van der Waals surface area (Å²) in [6.45, 7) is 2.22. The van der Waals surface area contributed by atoms with Gasteiger partial charge in [-0.2, -0.15) is 4.98 Å². The summed E-state index contributed by atoms with van der Waals surface area (Å²) in [5, 5.41) is 10.1. The molecule has 1 aromatic heterocycles. The van der Waals surface area contributed by atoms with E-state index in [2.05, 4.69) is 4.98 Å². The SMILES string of the molecule is COC[C@H]1O[C@@H](n2ccc(N)nc2=O)[C@H](O)C1C. The van der Waals surface area contributed by atoms with E-state index in [9.17, 15) is 9.90 Å². The van der Waals surface area contributed by atoms with Crippen LogP contribution in [0.2, 0.25) is 0 Å². The molecule has 0 amide bonds. The average molecular weight is 255 g/mol. The fraction of sp³-hybridized carbons (Fsp3) is 0.636. The minimum Gasteiger partial charge on any atom is -0.388 e. The molecule has 1 aliphatic rings. The molecule has 7 heteroatoms. The first-order chi connectivity index (χ1) is 8.54. The van der Waals surface area contributed by atoms with Gasteiger partial charge in [0.25, 0.3) is 0 Å². The molecule has 100 valence electrons. The van der Waals surface area contributed by atoms with Crippen molar-refractivity contribution in [2.45, 2.75) is 25.4 Å². The van der Waals surface area contributed by atoms with Gasteiger partial charge in [0.05, 0.1) is 12.7 Å². The smallest absolute Gasteiger partial charge is 0.351 e. The summed E-state index contributed by atoms with van der Waals surface area (Å²) in [5.41, 5.74) is 4.88. The van der Waals surface area contributed by atoms with E-state index >= 15 is 0 Å². The largest absolute Gasteiger partial charge is 0.388 e. The molecule has 3 N–H and O–H groups in total. The number of aliphatic hydroxyl groups is 1. The molecule has 1 aliphatic heterocycles. The van der Waals surface area contributed by atoms with Gasteiger partial charge in [-0.25, -0.2) is 4.79 Å². The van der Waals surface area contributed by atoms with Crippen molar-refractivity contribution in [3.05, 3.63) is 22.7 Å². The number of ether oxygens (including phenoxy) is 2. The van der Waals surface area contributed by atoms with E-state index < -0.39 is 18.0 Å². The van der Waals surface area contributed by atoms with Crippen LogP contribution < -0.4 is 11.4 Å². The predicted octanol–water partition coefficient (Wildman–Crippen LogP) is -0.634. The highest BCUT2D eigenvalue weighted by atomic mass is 16.6. The highest BCUT2D eigenvalue weighted by molar-refractivity contribution is 5.23. The van der Waals surface area contributed by atoms with Crippen molar-refractivity contribution in [3.8, 4) is 0 Å². The Kier molecular flexibility index (Phi) is 3.65. The van der Waals surface area contributed by atoms with Crippen LogP contribution >= 0.6 is 0 Å². The zero-order valence-corrected chi connectivity index (χ0v) is 10.3. The second-order valence-corrected chi connectivity index (χ2v) is 4.41. The van der Waals surface area contributed by atoms with Crippen molar-refractivity contribution in [3.63, 3.8) is 0 Å². The zero-order chi connectivity index (χ0) is 13.3. The van der Waals surface area contributed by atoms with Gasteiger partial charge in [0.15, 0.2) is 6.23 Å². The molecule has 2 heterocycles. The van der Waals surface area contributed by atoms with Crippen molar-refractivity contribution in [2.24, 2.45) is 5.92 Å². The minimum atomic E-state index is -0.784. The lowest BCUT2D eigenvalue weighted by Gasteiger charge is -2.17. The van der Waals surface area contributed by atoms with Crippen molar-refractivity contribution in [2.75, 3.05) is 19.5 Å². The lowest BCUT2D eigenvalue weighted by molar-refractivity contribution is -0.0588. The molecule has 2 rings (SSSR count). The first-order valence-corrected chi connectivity index (χ1v) is 5.71. The Morgan fingerprint density at radius 2 is 2.39 bits per heavy atom. The van der Waals surface area contributed by atoms with E-state index in [1.807, 2.05) is 6.92 Å². The van der Waals surface area contributed by atoms with E-state index in [1.165, 1.54) is 16.8 Å². The Labute approximate surface area is 104 Å². The van der Waals surface area contributed by atoms with E-state index in [0.717, 1.165) is 0 Å². The lowest BCUT2D eigenvalue weighted by atomic mass is 10.0. The number of rotatable bonds is 3. The third-order valence-electron chi connectivity index (χ3n) is 3.19. The molecule has 1 aromatic rings. The van der Waals surface area contributed by atoms with Crippen molar-refractivity contribution < 1.29 is 14.6 Å². The Morgan fingerprint density at radius 1 is 1.67 bits per heavy atom. The van der Waals surface area contributed by atoms with E-state index in [4.69, 9.17) is 15.2 Å². The third kappa shape index (κ3) is 2.24. The third-order valence-corrected chi connectivity index (χ3v) is 3.19. The van der Waals surface area contributed by atoms with Crippen LogP contribution in [0, 0.1) is 5.92 Å². The van der Waals surface area contributed by atoms with Crippen LogP contribution in [0.3, 0.4) is 0 Å². The highest BCUT2D eigenvalue weighted by Gasteiger charge is 2.42. The van der Waals surface area contributed by atoms with Gasteiger partial charge in [0, 0.05) is 19.2 Å². The normalized spacial score (nSPS) is 31.7. The Bertz CT molecular complexity index is 476. The second kappa shape index (κ2) is 5.05. The molecular weight excluding hydrogens is 238 g/mol. The number of hydrogen-bond donors (Lipinski definition) is 2. The highest BCUT2D eigenvalue weighted by Crippen LogP contribution is 2.32. The standard InChI is InChI=1S/C11H17N3O4/c1-6-7(5-17-2)18-10(9(6)15)14-4-3-8(12)13-11(14)16/h3-4,6-7,9-10,15H,5H2,1-2H3,(H2,12,13,16)/t6?,7-,9-,10-/m1/s1. The van der Waals surface area contributed by atoms with Crippen molar-refractivity contribution in [1.82, 2.24) is 9.55 Å². The number of aliphatic hydroxyl groups excluding tert-OH is 1. The van der Waals surface area contributed by atoms with Gasteiger partial charge >= 0.3 is 5.69 Å². The van der Waals surface area contributed by atoms with E-state index in [0.29, 0.717) is 6.61 Å². The summed E-state index contributed by atoms with van der Waals surface area (Å²) in [6, 6.07) is 1.49. The van der Waals surface area contributed by atoms with Crippen LogP contribution in [0.25, 0.3) is 0 Å². The van der Waals surface area contributed by atoms with Gasteiger partial charge in [-0.1, -0.05) is 6.92 Å². The van der Waals surface area contributed by atoms with Crippen LogP contribution in [0.15, 0.2) is 17.1 Å². The molecule has 1 saturated heterocycles. The van der Waals surface area contributed by atoms with Crippen LogP contribution in [0.4, 0.5) is 5.82 Å². The molecule has 1 unspecified atom stereocenters. The molecule has 7 nitrogen and oxygen atoms in total. The average Bonchev–Trinajstić information content (AvgIpc) is 2.58. The summed E-state index contributed by atoms with van der Waals surface area (Å²) in [5.74, 6) is 0.0182. The lowest BCUT2D eigenvalue weighted by Crippen LogP contribution is -2.33. The number of hydrogen-bond acceptors (Lipinski definition) is 6. The number of methoxy groups -OCH3 is 1. The maximum atomic E-state index is 11.7. The number of nitrogens with two attached hydrogens (primary N) is 1.